The second-order valence-electron chi connectivity index (χ2n) is 6.99. The first-order valence-corrected chi connectivity index (χ1v) is 9.22. The Kier molecular flexibility index (Phi) is 4.58. The number of amides is 2. The van der Waals surface area contributed by atoms with Gasteiger partial charge in [-0.1, -0.05) is 12.1 Å². The fraction of sp³-hybridized carbons (Fsp3) is 0.182. The maximum absolute atomic E-state index is 14.2. The molecule has 0 radical (unpaired) electrons. The van der Waals surface area contributed by atoms with E-state index < -0.39 is 6.10 Å². The highest BCUT2D eigenvalue weighted by Crippen LogP contribution is 2.32. The number of hydrogen-bond acceptors (Lipinski definition) is 3. The summed E-state index contributed by atoms with van der Waals surface area (Å²) in [6.07, 6.45) is -0.563. The van der Waals surface area contributed by atoms with Gasteiger partial charge in [0, 0.05) is 17.1 Å². The lowest BCUT2D eigenvalue weighted by Gasteiger charge is -2.23. The molecule has 0 saturated heterocycles. The smallest absolute Gasteiger partial charge is 0.265 e. The van der Waals surface area contributed by atoms with E-state index in [0.29, 0.717) is 34.1 Å². The molecule has 29 heavy (non-hydrogen) atoms. The Labute approximate surface area is 167 Å². The number of rotatable bonds is 3. The summed E-state index contributed by atoms with van der Waals surface area (Å²) in [7, 11) is 0. The number of aromatic nitrogens is 1. The molecule has 2 heterocycles. The molecule has 2 amide bonds. The van der Waals surface area contributed by atoms with Crippen LogP contribution in [0.5, 0.6) is 5.75 Å². The number of para-hydroxylation sites is 1. The van der Waals surface area contributed by atoms with Crippen molar-refractivity contribution < 1.29 is 18.7 Å². The molecule has 1 aromatic heterocycles. The molecule has 1 aliphatic rings. The third-order valence-corrected chi connectivity index (χ3v) is 4.94. The van der Waals surface area contributed by atoms with Gasteiger partial charge in [0.25, 0.3) is 11.8 Å². The molecule has 6 nitrogen and oxygen atoms in total. The van der Waals surface area contributed by atoms with Gasteiger partial charge in [-0.2, -0.15) is 0 Å². The van der Waals surface area contributed by atoms with Gasteiger partial charge < -0.3 is 19.9 Å². The lowest BCUT2D eigenvalue weighted by atomic mass is 10.2. The minimum atomic E-state index is -0.563. The van der Waals surface area contributed by atoms with Crippen LogP contribution >= 0.6 is 0 Å². The van der Waals surface area contributed by atoms with Crippen molar-refractivity contribution >= 4 is 23.2 Å². The van der Waals surface area contributed by atoms with Gasteiger partial charge in [-0.25, -0.2) is 4.39 Å². The molecule has 0 fully saturated rings. The molecular weight excluding hydrogens is 373 g/mol. The molecule has 4 rings (SSSR count). The van der Waals surface area contributed by atoms with Crippen molar-refractivity contribution in [3.63, 3.8) is 0 Å². The molecule has 1 atom stereocenters. The number of aryl methyl sites for hydroxylation is 1. The highest BCUT2D eigenvalue weighted by molar-refractivity contribution is 6.06. The Hall–Kier alpha value is -3.61. The van der Waals surface area contributed by atoms with E-state index in [9.17, 15) is 14.0 Å². The Balaban J connectivity index is 1.62. The van der Waals surface area contributed by atoms with E-state index in [1.165, 1.54) is 6.07 Å². The number of hydrogen-bond donors (Lipinski definition) is 2. The molecule has 0 aliphatic carbocycles. The van der Waals surface area contributed by atoms with Gasteiger partial charge in [0.1, 0.15) is 11.6 Å². The number of benzene rings is 2. The van der Waals surface area contributed by atoms with Crippen molar-refractivity contribution in [2.75, 3.05) is 10.6 Å². The van der Waals surface area contributed by atoms with Crippen LogP contribution in [0.1, 0.15) is 28.7 Å². The largest absolute Gasteiger partial charge is 0.479 e. The predicted molar refractivity (Wildman–Crippen MR) is 108 cm³/mol. The first-order chi connectivity index (χ1) is 13.8. The van der Waals surface area contributed by atoms with E-state index in [1.807, 2.05) is 6.92 Å². The van der Waals surface area contributed by atoms with Gasteiger partial charge in [-0.05, 0) is 57.2 Å². The normalized spacial score (nSPS) is 15.3. The average molecular weight is 393 g/mol. The maximum Gasteiger partial charge on any atom is 0.265 e. The highest BCUT2D eigenvalue weighted by atomic mass is 19.1. The highest BCUT2D eigenvalue weighted by Gasteiger charge is 2.24. The number of fused-ring (bicyclic) bond motifs is 1. The molecule has 2 N–H and O–H groups in total. The Morgan fingerprint density at radius 3 is 2.69 bits per heavy atom. The monoisotopic (exact) mass is 393 g/mol. The Morgan fingerprint density at radius 2 is 1.93 bits per heavy atom. The van der Waals surface area contributed by atoms with E-state index in [4.69, 9.17) is 4.74 Å². The molecule has 1 aliphatic heterocycles. The van der Waals surface area contributed by atoms with Crippen molar-refractivity contribution in [1.82, 2.24) is 4.57 Å². The van der Waals surface area contributed by atoms with Crippen LogP contribution < -0.4 is 15.4 Å². The summed E-state index contributed by atoms with van der Waals surface area (Å²) in [5.41, 5.74) is 3.23. The zero-order chi connectivity index (χ0) is 20.7. The minimum Gasteiger partial charge on any atom is -0.479 e. The topological polar surface area (TPSA) is 72.4 Å². The second-order valence-corrected chi connectivity index (χ2v) is 6.99. The molecule has 148 valence electrons. The zero-order valence-corrected chi connectivity index (χ0v) is 16.2. The average Bonchev–Trinajstić information content (AvgIpc) is 2.98. The number of nitrogens with one attached hydrogen (secondary N) is 2. The van der Waals surface area contributed by atoms with Crippen LogP contribution in [0.25, 0.3) is 5.69 Å². The van der Waals surface area contributed by atoms with E-state index in [0.717, 1.165) is 5.69 Å². The standard InChI is InChI=1S/C22H20FN3O3/c1-12-10-16(13(2)26(12)19-7-5-4-6-17(19)23)22(28)24-15-8-9-20-18(11-15)25-21(27)14(3)29-20/h4-11,14H,1-3H3,(H,24,28)(H,25,27). The van der Waals surface area contributed by atoms with Crippen molar-refractivity contribution in [3.8, 4) is 11.4 Å². The molecule has 1 unspecified atom stereocenters. The number of carbonyl (C=O) groups is 2. The van der Waals surface area contributed by atoms with E-state index in [-0.39, 0.29) is 17.6 Å². The molecule has 3 aromatic rings. The minimum absolute atomic E-state index is 0.241. The number of ether oxygens (including phenoxy) is 1. The van der Waals surface area contributed by atoms with Crippen LogP contribution in [0, 0.1) is 19.7 Å². The van der Waals surface area contributed by atoms with Crippen LogP contribution in [0.3, 0.4) is 0 Å². The molecular formula is C22H20FN3O3. The Bertz CT molecular complexity index is 1140. The fourth-order valence-electron chi connectivity index (χ4n) is 3.48. The van der Waals surface area contributed by atoms with Crippen LogP contribution in [-0.2, 0) is 4.79 Å². The summed E-state index contributed by atoms with van der Waals surface area (Å²) < 4.78 is 21.5. The summed E-state index contributed by atoms with van der Waals surface area (Å²) in [6, 6.07) is 13.2. The van der Waals surface area contributed by atoms with Gasteiger partial charge >= 0.3 is 0 Å². The number of anilines is 2. The van der Waals surface area contributed by atoms with Crippen molar-refractivity contribution in [2.45, 2.75) is 26.9 Å². The first-order valence-electron chi connectivity index (χ1n) is 9.22. The lowest BCUT2D eigenvalue weighted by molar-refractivity contribution is -0.122. The van der Waals surface area contributed by atoms with Crippen molar-refractivity contribution in [1.29, 1.82) is 0 Å². The van der Waals surface area contributed by atoms with Gasteiger partial charge in [-0.3, -0.25) is 9.59 Å². The Morgan fingerprint density at radius 1 is 1.17 bits per heavy atom. The molecule has 2 aromatic carbocycles. The van der Waals surface area contributed by atoms with Gasteiger partial charge in [0.2, 0.25) is 0 Å². The quantitative estimate of drug-likeness (QED) is 0.700. The van der Waals surface area contributed by atoms with E-state index in [1.54, 1.807) is 60.9 Å². The van der Waals surface area contributed by atoms with Crippen LogP contribution in [-0.4, -0.2) is 22.5 Å². The molecule has 0 bridgehead atoms. The third-order valence-electron chi connectivity index (χ3n) is 4.94. The first kappa shape index (κ1) is 18.7. The van der Waals surface area contributed by atoms with Crippen molar-refractivity contribution in [2.24, 2.45) is 0 Å². The summed E-state index contributed by atoms with van der Waals surface area (Å²) in [5, 5.41) is 5.58. The van der Waals surface area contributed by atoms with E-state index in [2.05, 4.69) is 10.6 Å². The van der Waals surface area contributed by atoms with Gasteiger partial charge in [-0.15, -0.1) is 0 Å². The van der Waals surface area contributed by atoms with Gasteiger partial charge in [0.15, 0.2) is 6.10 Å². The van der Waals surface area contributed by atoms with Crippen LogP contribution in [0.2, 0.25) is 0 Å². The second kappa shape index (κ2) is 7.09. The summed E-state index contributed by atoms with van der Waals surface area (Å²) in [4.78, 5) is 24.7. The molecule has 0 spiro atoms. The maximum atomic E-state index is 14.2. The van der Waals surface area contributed by atoms with Crippen LogP contribution in [0.4, 0.5) is 15.8 Å². The van der Waals surface area contributed by atoms with Gasteiger partial charge in [0.05, 0.1) is 16.9 Å². The third kappa shape index (κ3) is 3.35. The van der Waals surface area contributed by atoms with Crippen molar-refractivity contribution in [3.05, 3.63) is 71.3 Å². The number of halogens is 1. The summed E-state index contributed by atoms with van der Waals surface area (Å²) in [6.45, 7) is 5.26. The summed E-state index contributed by atoms with van der Waals surface area (Å²) >= 11 is 0. The lowest BCUT2D eigenvalue weighted by Crippen LogP contribution is -2.34. The number of nitrogens with zero attached hydrogens (tertiary/aromatic N) is 1. The fourth-order valence-corrected chi connectivity index (χ4v) is 3.48. The van der Waals surface area contributed by atoms with Crippen LogP contribution in [0.15, 0.2) is 48.5 Å². The molecule has 7 heteroatoms. The zero-order valence-electron chi connectivity index (χ0n) is 16.2. The number of carbonyl (C=O) groups excluding carboxylic acids is 2. The predicted octanol–water partition coefficient (Wildman–Crippen LogP) is 4.20. The van der Waals surface area contributed by atoms with E-state index >= 15 is 0 Å². The SMILES string of the molecule is Cc1cc(C(=O)Nc2ccc3c(c2)NC(=O)C(C)O3)c(C)n1-c1ccccc1F. The summed E-state index contributed by atoms with van der Waals surface area (Å²) in [5.74, 6) is -0.375. The molecule has 0 saturated carbocycles.